The Balaban J connectivity index is 2.53. The number of nitrogens with one attached hydrogen (secondary N) is 1. The fourth-order valence-electron chi connectivity index (χ4n) is 2.20. The number of hydrogen-bond donors (Lipinski definition) is 2. The van der Waals surface area contributed by atoms with Gasteiger partial charge in [-0.1, -0.05) is 6.42 Å². The standard InChI is InChI=1S/C11H16N2O/c12-6-10-9-5-3-1-2-4-8(9)7-13-11(10)14/h7H,1-6,12H2,(H,13,14). The molecule has 1 heterocycles. The van der Waals surface area contributed by atoms with Gasteiger partial charge in [0.15, 0.2) is 0 Å². The van der Waals surface area contributed by atoms with Crippen LogP contribution >= 0.6 is 0 Å². The zero-order valence-corrected chi connectivity index (χ0v) is 8.31. The molecule has 3 nitrogen and oxygen atoms in total. The zero-order chi connectivity index (χ0) is 9.97. The Labute approximate surface area is 83.3 Å². The van der Waals surface area contributed by atoms with Gasteiger partial charge in [-0.25, -0.2) is 0 Å². The molecule has 0 saturated heterocycles. The first-order chi connectivity index (χ1) is 6.83. The third kappa shape index (κ3) is 1.60. The van der Waals surface area contributed by atoms with Crippen molar-refractivity contribution >= 4 is 0 Å². The molecule has 14 heavy (non-hydrogen) atoms. The van der Waals surface area contributed by atoms with Gasteiger partial charge in [-0.15, -0.1) is 0 Å². The van der Waals surface area contributed by atoms with E-state index in [-0.39, 0.29) is 5.56 Å². The van der Waals surface area contributed by atoms with Crippen LogP contribution in [-0.4, -0.2) is 4.98 Å². The minimum absolute atomic E-state index is 0.00634. The first-order valence-corrected chi connectivity index (χ1v) is 5.25. The summed E-state index contributed by atoms with van der Waals surface area (Å²) in [6.45, 7) is 0.360. The monoisotopic (exact) mass is 192 g/mol. The number of aromatic amines is 1. The third-order valence-electron chi connectivity index (χ3n) is 2.98. The number of aromatic nitrogens is 1. The third-order valence-corrected chi connectivity index (χ3v) is 2.98. The van der Waals surface area contributed by atoms with Crippen molar-refractivity contribution in [1.29, 1.82) is 0 Å². The topological polar surface area (TPSA) is 58.9 Å². The molecule has 0 atom stereocenters. The van der Waals surface area contributed by atoms with E-state index in [9.17, 15) is 4.79 Å². The summed E-state index contributed by atoms with van der Waals surface area (Å²) in [5.74, 6) is 0. The maximum absolute atomic E-state index is 11.5. The van der Waals surface area contributed by atoms with Gasteiger partial charge in [-0.2, -0.15) is 0 Å². The summed E-state index contributed by atoms with van der Waals surface area (Å²) in [5.41, 5.74) is 8.91. The fraction of sp³-hybridized carbons (Fsp3) is 0.545. The second-order valence-electron chi connectivity index (χ2n) is 3.86. The van der Waals surface area contributed by atoms with Crippen molar-refractivity contribution < 1.29 is 0 Å². The highest BCUT2D eigenvalue weighted by molar-refractivity contribution is 5.32. The highest BCUT2D eigenvalue weighted by Crippen LogP contribution is 2.20. The predicted molar refractivity (Wildman–Crippen MR) is 56.2 cm³/mol. The van der Waals surface area contributed by atoms with Gasteiger partial charge in [0.25, 0.3) is 5.56 Å². The molecule has 3 heteroatoms. The van der Waals surface area contributed by atoms with E-state index in [0.29, 0.717) is 6.54 Å². The molecule has 0 fully saturated rings. The molecule has 0 radical (unpaired) electrons. The van der Waals surface area contributed by atoms with Gasteiger partial charge in [0.2, 0.25) is 0 Å². The van der Waals surface area contributed by atoms with Crippen LogP contribution < -0.4 is 11.3 Å². The lowest BCUT2D eigenvalue weighted by molar-refractivity contribution is 0.710. The second kappa shape index (κ2) is 3.96. The van der Waals surface area contributed by atoms with Crippen LogP contribution in [0.25, 0.3) is 0 Å². The van der Waals surface area contributed by atoms with Crippen molar-refractivity contribution in [3.8, 4) is 0 Å². The molecule has 0 aromatic carbocycles. The number of nitrogens with two attached hydrogens (primary N) is 1. The highest BCUT2D eigenvalue weighted by atomic mass is 16.1. The van der Waals surface area contributed by atoms with Crippen LogP contribution in [-0.2, 0) is 19.4 Å². The van der Waals surface area contributed by atoms with Crippen LogP contribution in [0.3, 0.4) is 0 Å². The van der Waals surface area contributed by atoms with E-state index < -0.39 is 0 Å². The number of H-pyrrole nitrogens is 1. The highest BCUT2D eigenvalue weighted by Gasteiger charge is 2.13. The van der Waals surface area contributed by atoms with Gasteiger partial charge in [-0.3, -0.25) is 4.79 Å². The van der Waals surface area contributed by atoms with Crippen LogP contribution in [0.15, 0.2) is 11.0 Å². The van der Waals surface area contributed by atoms with Crippen molar-refractivity contribution in [2.24, 2.45) is 5.73 Å². The van der Waals surface area contributed by atoms with Crippen molar-refractivity contribution in [3.05, 3.63) is 33.2 Å². The molecule has 1 aromatic heterocycles. The molecule has 1 aliphatic carbocycles. The second-order valence-corrected chi connectivity index (χ2v) is 3.86. The van der Waals surface area contributed by atoms with E-state index in [1.54, 1.807) is 0 Å². The Kier molecular flexibility index (Phi) is 2.68. The van der Waals surface area contributed by atoms with E-state index in [4.69, 9.17) is 5.73 Å². The van der Waals surface area contributed by atoms with Crippen LogP contribution in [0.2, 0.25) is 0 Å². The minimum atomic E-state index is -0.00634. The Bertz CT molecular complexity index is 381. The molecule has 3 N–H and O–H groups in total. The minimum Gasteiger partial charge on any atom is -0.329 e. The molecule has 0 unspecified atom stereocenters. The first-order valence-electron chi connectivity index (χ1n) is 5.25. The molecule has 0 spiro atoms. The Hall–Kier alpha value is -1.09. The summed E-state index contributed by atoms with van der Waals surface area (Å²) >= 11 is 0. The zero-order valence-electron chi connectivity index (χ0n) is 8.31. The summed E-state index contributed by atoms with van der Waals surface area (Å²) in [6, 6.07) is 0. The summed E-state index contributed by atoms with van der Waals surface area (Å²) in [7, 11) is 0. The fourth-order valence-corrected chi connectivity index (χ4v) is 2.20. The number of pyridine rings is 1. The molecule has 0 bridgehead atoms. The maximum atomic E-state index is 11.5. The molecule has 0 amide bonds. The molecule has 0 aliphatic heterocycles. The largest absolute Gasteiger partial charge is 0.329 e. The molecular weight excluding hydrogens is 176 g/mol. The Morgan fingerprint density at radius 2 is 2.07 bits per heavy atom. The molecular formula is C11H16N2O. The van der Waals surface area contributed by atoms with E-state index >= 15 is 0 Å². The molecule has 1 aliphatic rings. The van der Waals surface area contributed by atoms with Crippen molar-refractivity contribution in [1.82, 2.24) is 4.98 Å². The molecule has 0 saturated carbocycles. The van der Waals surface area contributed by atoms with Gasteiger partial charge in [0, 0.05) is 18.3 Å². The maximum Gasteiger partial charge on any atom is 0.252 e. The van der Waals surface area contributed by atoms with Gasteiger partial charge in [0.1, 0.15) is 0 Å². The normalized spacial score (nSPS) is 16.1. The van der Waals surface area contributed by atoms with Gasteiger partial charge in [-0.05, 0) is 36.8 Å². The van der Waals surface area contributed by atoms with E-state index in [1.807, 2.05) is 6.20 Å². The van der Waals surface area contributed by atoms with Crippen LogP contribution in [0, 0.1) is 0 Å². The SMILES string of the molecule is NCc1c2c(c[nH]c1=O)CCCCC2. The van der Waals surface area contributed by atoms with Crippen LogP contribution in [0.4, 0.5) is 0 Å². The van der Waals surface area contributed by atoms with E-state index in [0.717, 1.165) is 18.4 Å². The van der Waals surface area contributed by atoms with Gasteiger partial charge < -0.3 is 10.7 Å². The number of aryl methyl sites for hydroxylation is 1. The number of hydrogen-bond acceptors (Lipinski definition) is 2. The van der Waals surface area contributed by atoms with Gasteiger partial charge >= 0.3 is 0 Å². The van der Waals surface area contributed by atoms with Crippen molar-refractivity contribution in [3.63, 3.8) is 0 Å². The average molecular weight is 192 g/mol. The smallest absolute Gasteiger partial charge is 0.252 e. The molecule has 76 valence electrons. The summed E-state index contributed by atoms with van der Waals surface area (Å²) < 4.78 is 0. The van der Waals surface area contributed by atoms with Crippen molar-refractivity contribution in [2.75, 3.05) is 0 Å². The lowest BCUT2D eigenvalue weighted by atomic mass is 10.0. The van der Waals surface area contributed by atoms with E-state index in [2.05, 4.69) is 4.98 Å². The number of rotatable bonds is 1. The lowest BCUT2D eigenvalue weighted by Gasteiger charge is -2.09. The Morgan fingerprint density at radius 3 is 2.86 bits per heavy atom. The van der Waals surface area contributed by atoms with Crippen LogP contribution in [0.1, 0.15) is 36.0 Å². The van der Waals surface area contributed by atoms with Gasteiger partial charge in [0.05, 0.1) is 0 Å². The lowest BCUT2D eigenvalue weighted by Crippen LogP contribution is -2.20. The average Bonchev–Trinajstić information content (AvgIpc) is 2.42. The Morgan fingerprint density at radius 1 is 1.29 bits per heavy atom. The van der Waals surface area contributed by atoms with Crippen LogP contribution in [0.5, 0.6) is 0 Å². The summed E-state index contributed by atoms with van der Waals surface area (Å²) in [5, 5.41) is 0. The molecule has 1 aromatic rings. The summed E-state index contributed by atoms with van der Waals surface area (Å²) in [6.07, 6.45) is 7.63. The summed E-state index contributed by atoms with van der Waals surface area (Å²) in [4.78, 5) is 14.3. The number of fused-ring (bicyclic) bond motifs is 1. The van der Waals surface area contributed by atoms with E-state index in [1.165, 1.54) is 30.4 Å². The molecule has 2 rings (SSSR count). The predicted octanol–water partition coefficient (Wildman–Crippen LogP) is 1.10. The quantitative estimate of drug-likeness (QED) is 0.655. The van der Waals surface area contributed by atoms with Crippen molar-refractivity contribution in [2.45, 2.75) is 38.6 Å². The first kappa shape index (κ1) is 9.46.